The van der Waals surface area contributed by atoms with Gasteiger partial charge in [-0.05, 0) is 55.8 Å². The van der Waals surface area contributed by atoms with E-state index in [4.69, 9.17) is 14.2 Å². The number of nitrogens with one attached hydrogen (secondary N) is 1. The minimum atomic E-state index is -0.453. The van der Waals surface area contributed by atoms with Crippen LogP contribution >= 0.6 is 0 Å². The number of methoxy groups -OCH3 is 1. The van der Waals surface area contributed by atoms with Crippen molar-refractivity contribution in [2.45, 2.75) is 13.8 Å². The summed E-state index contributed by atoms with van der Waals surface area (Å²) < 4.78 is 16.4. The lowest BCUT2D eigenvalue weighted by Crippen LogP contribution is -2.32. The summed E-state index contributed by atoms with van der Waals surface area (Å²) in [6.45, 7) is 4.77. The molecule has 0 spiro atoms. The lowest BCUT2D eigenvalue weighted by Gasteiger charge is -2.16. The van der Waals surface area contributed by atoms with E-state index in [1.165, 1.54) is 0 Å². The highest BCUT2D eigenvalue weighted by Crippen LogP contribution is 2.35. The molecule has 3 aromatic carbocycles. The number of rotatable bonds is 9. The van der Waals surface area contributed by atoms with Crippen LogP contribution in [-0.2, 0) is 9.59 Å². The van der Waals surface area contributed by atoms with Crippen molar-refractivity contribution < 1.29 is 23.8 Å². The molecule has 1 heterocycles. The van der Waals surface area contributed by atoms with Crippen molar-refractivity contribution >= 4 is 28.8 Å². The van der Waals surface area contributed by atoms with E-state index in [-0.39, 0.29) is 11.3 Å². The molecule has 0 fully saturated rings. The van der Waals surface area contributed by atoms with Crippen LogP contribution in [-0.4, -0.2) is 32.1 Å². The summed E-state index contributed by atoms with van der Waals surface area (Å²) in [6, 6.07) is 21.2. The van der Waals surface area contributed by atoms with Gasteiger partial charge in [-0.1, -0.05) is 24.3 Å². The molecule has 0 aliphatic carbocycles. The summed E-state index contributed by atoms with van der Waals surface area (Å²) in [5.74, 6) is 1.02. The van der Waals surface area contributed by atoms with E-state index in [1.54, 1.807) is 61.7 Å². The van der Waals surface area contributed by atoms with Crippen LogP contribution in [0.2, 0.25) is 0 Å². The third-order valence-corrected chi connectivity index (χ3v) is 5.26. The number of carbonyl (C=O) groups excluding carboxylic acids is 2. The first kappa shape index (κ1) is 22.9. The van der Waals surface area contributed by atoms with Crippen LogP contribution in [0, 0.1) is 0 Å². The zero-order valence-electron chi connectivity index (χ0n) is 19.3. The number of ether oxygens (including phenoxy) is 3. The molecule has 0 unspecified atom stereocenters. The average molecular weight is 459 g/mol. The van der Waals surface area contributed by atoms with Crippen molar-refractivity contribution in [1.29, 1.82) is 0 Å². The number of hydrogen-bond acceptors (Lipinski definition) is 6. The van der Waals surface area contributed by atoms with E-state index < -0.39 is 11.8 Å². The Kier molecular flexibility index (Phi) is 6.82. The summed E-state index contributed by atoms with van der Waals surface area (Å²) in [6.07, 6.45) is 0. The highest BCUT2D eigenvalue weighted by atomic mass is 16.5. The largest absolute Gasteiger partial charge is 0.497 e. The van der Waals surface area contributed by atoms with Crippen LogP contribution in [0.25, 0.3) is 5.57 Å². The van der Waals surface area contributed by atoms with Crippen molar-refractivity contribution in [3.8, 4) is 17.2 Å². The van der Waals surface area contributed by atoms with E-state index in [0.717, 1.165) is 4.90 Å². The number of amides is 2. The number of anilines is 2. The van der Waals surface area contributed by atoms with Crippen LogP contribution < -0.4 is 24.4 Å². The molecule has 2 amide bonds. The third-order valence-electron chi connectivity index (χ3n) is 5.26. The molecule has 1 aliphatic rings. The maximum Gasteiger partial charge on any atom is 0.282 e. The first-order valence-electron chi connectivity index (χ1n) is 11.1. The Balaban J connectivity index is 1.77. The number of benzene rings is 3. The molecule has 0 bridgehead atoms. The van der Waals surface area contributed by atoms with Gasteiger partial charge in [-0.15, -0.1) is 0 Å². The topological polar surface area (TPSA) is 77.1 Å². The first-order chi connectivity index (χ1) is 16.5. The third kappa shape index (κ3) is 4.59. The lowest BCUT2D eigenvalue weighted by atomic mass is 10.0. The predicted molar refractivity (Wildman–Crippen MR) is 131 cm³/mol. The number of hydrogen-bond donors (Lipinski definition) is 1. The number of nitrogens with zero attached hydrogens (tertiary/aromatic N) is 1. The standard InChI is InChI=1S/C27H26N2O5/c1-4-33-22-10-6-8-19(16-22)28-25-24(18-12-14-21(32-3)15-13-18)26(30)29(27(25)31)20-9-7-11-23(17-20)34-5-2/h6-17,28H,4-5H2,1-3H3. The van der Waals surface area contributed by atoms with Gasteiger partial charge in [-0.2, -0.15) is 0 Å². The van der Waals surface area contributed by atoms with Crippen molar-refractivity contribution in [2.75, 3.05) is 30.5 Å². The van der Waals surface area contributed by atoms with E-state index >= 15 is 0 Å². The molecule has 3 aromatic rings. The second kappa shape index (κ2) is 10.1. The van der Waals surface area contributed by atoms with Gasteiger partial charge in [0.2, 0.25) is 0 Å². The SMILES string of the molecule is CCOc1cccc(NC2=C(c3ccc(OC)cc3)C(=O)N(c3cccc(OCC)c3)C2=O)c1. The monoisotopic (exact) mass is 458 g/mol. The van der Waals surface area contributed by atoms with E-state index in [9.17, 15) is 9.59 Å². The fraction of sp³-hybridized carbons (Fsp3) is 0.185. The van der Waals surface area contributed by atoms with Crippen molar-refractivity contribution in [3.63, 3.8) is 0 Å². The molecule has 0 radical (unpaired) electrons. The normalized spacial score (nSPS) is 13.3. The fourth-order valence-corrected chi connectivity index (χ4v) is 3.76. The maximum atomic E-state index is 13.6. The van der Waals surface area contributed by atoms with Crippen LogP contribution in [0.15, 0.2) is 78.5 Å². The zero-order valence-corrected chi connectivity index (χ0v) is 19.3. The van der Waals surface area contributed by atoms with Gasteiger partial charge in [0.25, 0.3) is 11.8 Å². The van der Waals surface area contributed by atoms with Gasteiger partial charge in [0.15, 0.2) is 0 Å². The lowest BCUT2D eigenvalue weighted by molar-refractivity contribution is -0.120. The Hall–Kier alpha value is -4.26. The average Bonchev–Trinajstić information content (AvgIpc) is 3.09. The molecular weight excluding hydrogens is 432 g/mol. The molecule has 0 aromatic heterocycles. The van der Waals surface area contributed by atoms with Gasteiger partial charge in [-0.3, -0.25) is 9.59 Å². The van der Waals surface area contributed by atoms with Gasteiger partial charge in [-0.25, -0.2) is 4.90 Å². The number of carbonyl (C=O) groups is 2. The van der Waals surface area contributed by atoms with Crippen molar-refractivity contribution in [3.05, 3.63) is 84.1 Å². The summed E-state index contributed by atoms with van der Waals surface area (Å²) in [5.41, 5.74) is 2.14. The molecule has 7 nitrogen and oxygen atoms in total. The summed E-state index contributed by atoms with van der Waals surface area (Å²) in [4.78, 5) is 28.4. The first-order valence-corrected chi connectivity index (χ1v) is 11.1. The smallest absolute Gasteiger partial charge is 0.282 e. The quantitative estimate of drug-likeness (QED) is 0.460. The van der Waals surface area contributed by atoms with E-state index in [1.807, 2.05) is 32.0 Å². The fourth-order valence-electron chi connectivity index (χ4n) is 3.76. The minimum Gasteiger partial charge on any atom is -0.497 e. The summed E-state index contributed by atoms with van der Waals surface area (Å²) in [7, 11) is 1.57. The van der Waals surface area contributed by atoms with Crippen LogP contribution in [0.5, 0.6) is 17.2 Å². The molecule has 7 heteroatoms. The molecule has 174 valence electrons. The highest BCUT2D eigenvalue weighted by Gasteiger charge is 2.40. The van der Waals surface area contributed by atoms with Gasteiger partial charge in [0.1, 0.15) is 22.9 Å². The predicted octanol–water partition coefficient (Wildman–Crippen LogP) is 4.89. The van der Waals surface area contributed by atoms with Crippen LogP contribution in [0.1, 0.15) is 19.4 Å². The maximum absolute atomic E-state index is 13.6. The van der Waals surface area contributed by atoms with Gasteiger partial charge in [0, 0.05) is 17.8 Å². The minimum absolute atomic E-state index is 0.186. The second-order valence-electron chi connectivity index (χ2n) is 7.44. The Morgan fingerprint density at radius 1 is 0.765 bits per heavy atom. The molecule has 1 aliphatic heterocycles. The summed E-state index contributed by atoms with van der Waals surface area (Å²) in [5, 5.41) is 3.16. The summed E-state index contributed by atoms with van der Waals surface area (Å²) >= 11 is 0. The van der Waals surface area contributed by atoms with Gasteiger partial charge in [0.05, 0.1) is 31.6 Å². The second-order valence-corrected chi connectivity index (χ2v) is 7.44. The Morgan fingerprint density at radius 2 is 1.41 bits per heavy atom. The van der Waals surface area contributed by atoms with Crippen molar-refractivity contribution in [2.24, 2.45) is 0 Å². The number of imide groups is 1. The molecular formula is C27H26N2O5. The van der Waals surface area contributed by atoms with Gasteiger partial charge >= 0.3 is 0 Å². The molecule has 4 rings (SSSR count). The highest BCUT2D eigenvalue weighted by molar-refractivity contribution is 6.46. The van der Waals surface area contributed by atoms with E-state index in [2.05, 4.69) is 5.32 Å². The Labute approximate surface area is 198 Å². The molecule has 1 N–H and O–H groups in total. The van der Waals surface area contributed by atoms with Crippen LogP contribution in [0.4, 0.5) is 11.4 Å². The van der Waals surface area contributed by atoms with Gasteiger partial charge < -0.3 is 19.5 Å². The van der Waals surface area contributed by atoms with Crippen LogP contribution in [0.3, 0.4) is 0 Å². The molecule has 0 atom stereocenters. The van der Waals surface area contributed by atoms with Crippen molar-refractivity contribution in [1.82, 2.24) is 0 Å². The molecule has 34 heavy (non-hydrogen) atoms. The Bertz CT molecular complexity index is 1230. The Morgan fingerprint density at radius 3 is 2.06 bits per heavy atom. The molecule has 0 saturated heterocycles. The zero-order chi connectivity index (χ0) is 24.1. The van der Waals surface area contributed by atoms with E-state index in [0.29, 0.717) is 47.4 Å². The molecule has 0 saturated carbocycles.